The van der Waals surface area contributed by atoms with E-state index in [2.05, 4.69) is 5.32 Å². The third kappa shape index (κ3) is 6.21. The molecule has 160 valence electrons. The van der Waals surface area contributed by atoms with Crippen LogP contribution >= 0.6 is 11.6 Å². The normalized spacial score (nSPS) is 10.7. The number of carbonyl (C=O) groups excluding carboxylic acids is 2. The van der Waals surface area contributed by atoms with E-state index in [9.17, 15) is 14.9 Å². The molecule has 32 heavy (non-hydrogen) atoms. The third-order valence-electron chi connectivity index (χ3n) is 4.23. The van der Waals surface area contributed by atoms with Gasteiger partial charge in [0.25, 0.3) is 5.91 Å². The van der Waals surface area contributed by atoms with Crippen molar-refractivity contribution in [3.05, 3.63) is 94.5 Å². The van der Waals surface area contributed by atoms with E-state index < -0.39 is 11.9 Å². The molecule has 3 rings (SSSR count). The molecule has 1 amide bonds. The second kappa shape index (κ2) is 10.8. The second-order valence-corrected chi connectivity index (χ2v) is 6.99. The van der Waals surface area contributed by atoms with Crippen LogP contribution in [0.25, 0.3) is 6.08 Å². The van der Waals surface area contributed by atoms with Crippen LogP contribution in [0.3, 0.4) is 0 Å². The van der Waals surface area contributed by atoms with Crippen LogP contribution in [0.5, 0.6) is 11.5 Å². The first-order valence-corrected chi connectivity index (χ1v) is 10.1. The molecular formula is C25H19ClN2O4. The molecule has 0 saturated heterocycles. The topological polar surface area (TPSA) is 88.4 Å². The van der Waals surface area contributed by atoms with Gasteiger partial charge in [0.1, 0.15) is 23.1 Å². The average Bonchev–Trinajstić information content (AvgIpc) is 2.79. The van der Waals surface area contributed by atoms with Crippen molar-refractivity contribution < 1.29 is 19.1 Å². The molecule has 0 bridgehead atoms. The summed E-state index contributed by atoms with van der Waals surface area (Å²) in [5.74, 6) is -0.140. The number of nitriles is 1. The fourth-order valence-electron chi connectivity index (χ4n) is 2.76. The number of halogens is 1. The maximum atomic E-state index is 12.5. The van der Waals surface area contributed by atoms with Crippen molar-refractivity contribution in [3.63, 3.8) is 0 Å². The molecule has 0 aliphatic carbocycles. The molecule has 0 fully saturated rings. The van der Waals surface area contributed by atoms with Crippen molar-refractivity contribution in [1.82, 2.24) is 0 Å². The van der Waals surface area contributed by atoms with Crippen molar-refractivity contribution in [3.8, 4) is 17.6 Å². The summed E-state index contributed by atoms with van der Waals surface area (Å²) in [7, 11) is 0. The first kappa shape index (κ1) is 22.6. The summed E-state index contributed by atoms with van der Waals surface area (Å²) in [5.41, 5.74) is 1.38. The van der Waals surface area contributed by atoms with Crippen LogP contribution in [0.1, 0.15) is 22.8 Å². The number of esters is 1. The van der Waals surface area contributed by atoms with E-state index in [4.69, 9.17) is 21.1 Å². The monoisotopic (exact) mass is 446 g/mol. The first-order chi connectivity index (χ1) is 15.5. The van der Waals surface area contributed by atoms with Crippen LogP contribution in [0, 0.1) is 11.3 Å². The zero-order chi connectivity index (χ0) is 22.9. The molecular weight excluding hydrogens is 428 g/mol. The Hall–Kier alpha value is -4.08. The van der Waals surface area contributed by atoms with E-state index in [1.165, 1.54) is 12.1 Å². The number of benzene rings is 3. The molecule has 1 N–H and O–H groups in total. The number of hydrogen-bond acceptors (Lipinski definition) is 5. The van der Waals surface area contributed by atoms with Gasteiger partial charge in [-0.1, -0.05) is 35.9 Å². The summed E-state index contributed by atoms with van der Waals surface area (Å²) in [6.45, 7) is 2.37. The smallest absolute Gasteiger partial charge is 0.343 e. The lowest BCUT2D eigenvalue weighted by Gasteiger charge is -2.08. The van der Waals surface area contributed by atoms with Crippen molar-refractivity contribution in [2.75, 3.05) is 11.9 Å². The number of anilines is 1. The Bertz CT molecular complexity index is 1200. The Morgan fingerprint density at radius 3 is 2.47 bits per heavy atom. The lowest BCUT2D eigenvalue weighted by molar-refractivity contribution is -0.112. The molecule has 7 heteroatoms. The van der Waals surface area contributed by atoms with Gasteiger partial charge in [0.2, 0.25) is 0 Å². The van der Waals surface area contributed by atoms with Gasteiger partial charge in [0, 0.05) is 16.8 Å². The van der Waals surface area contributed by atoms with Gasteiger partial charge in [-0.3, -0.25) is 4.79 Å². The van der Waals surface area contributed by atoms with E-state index in [-0.39, 0.29) is 5.57 Å². The standard InChI is InChI=1S/C25H19ClN2O4/c1-2-31-23-8-4-7-21(15-23)28-24(29)19(16-27)13-17-9-11-22(12-10-17)32-25(30)18-5-3-6-20(26)14-18/h3-15H,2H2,1H3,(H,28,29)/b19-13+. The lowest BCUT2D eigenvalue weighted by atomic mass is 10.1. The third-order valence-corrected chi connectivity index (χ3v) is 4.47. The largest absolute Gasteiger partial charge is 0.494 e. The van der Waals surface area contributed by atoms with Gasteiger partial charge in [-0.05, 0) is 61.0 Å². The quantitative estimate of drug-likeness (QED) is 0.224. The molecule has 0 radical (unpaired) electrons. The van der Waals surface area contributed by atoms with Gasteiger partial charge in [0.05, 0.1) is 12.2 Å². The number of nitrogens with one attached hydrogen (secondary N) is 1. The van der Waals surface area contributed by atoms with Gasteiger partial charge >= 0.3 is 5.97 Å². The van der Waals surface area contributed by atoms with Crippen LogP contribution in [0.2, 0.25) is 5.02 Å². The second-order valence-electron chi connectivity index (χ2n) is 6.55. The van der Waals surface area contributed by atoms with Crippen LogP contribution in [0.15, 0.2) is 78.4 Å². The number of ether oxygens (including phenoxy) is 2. The van der Waals surface area contributed by atoms with Crippen LogP contribution in [0.4, 0.5) is 5.69 Å². The minimum Gasteiger partial charge on any atom is -0.494 e. The molecule has 0 aromatic heterocycles. The first-order valence-electron chi connectivity index (χ1n) is 9.72. The number of rotatable bonds is 7. The molecule has 6 nitrogen and oxygen atoms in total. The highest BCUT2D eigenvalue weighted by atomic mass is 35.5. The Balaban J connectivity index is 1.68. The van der Waals surface area contributed by atoms with Gasteiger partial charge in [-0.15, -0.1) is 0 Å². The summed E-state index contributed by atoms with van der Waals surface area (Å²) in [5, 5.41) is 12.5. The molecule has 3 aromatic rings. The van der Waals surface area contributed by atoms with Crippen LogP contribution in [-0.4, -0.2) is 18.5 Å². The van der Waals surface area contributed by atoms with Gasteiger partial charge < -0.3 is 14.8 Å². The summed E-state index contributed by atoms with van der Waals surface area (Å²) in [4.78, 5) is 24.7. The predicted octanol–water partition coefficient (Wildman–Crippen LogP) is 5.50. The van der Waals surface area contributed by atoms with Gasteiger partial charge in [-0.2, -0.15) is 5.26 Å². The number of amides is 1. The maximum Gasteiger partial charge on any atom is 0.343 e. The summed E-state index contributed by atoms with van der Waals surface area (Å²) in [6.07, 6.45) is 1.45. The highest BCUT2D eigenvalue weighted by molar-refractivity contribution is 6.30. The average molecular weight is 447 g/mol. The molecule has 0 aliphatic rings. The van der Waals surface area contributed by atoms with Crippen molar-refractivity contribution in [2.45, 2.75) is 6.92 Å². The van der Waals surface area contributed by atoms with Gasteiger partial charge in [0.15, 0.2) is 0 Å². The molecule has 3 aromatic carbocycles. The molecule has 0 spiro atoms. The van der Waals surface area contributed by atoms with Crippen molar-refractivity contribution >= 4 is 35.2 Å². The molecule has 0 aliphatic heterocycles. The fraction of sp³-hybridized carbons (Fsp3) is 0.0800. The highest BCUT2D eigenvalue weighted by Crippen LogP contribution is 2.20. The van der Waals surface area contributed by atoms with E-state index in [0.717, 1.165) is 0 Å². The minimum atomic E-state index is -0.544. The van der Waals surface area contributed by atoms with Crippen molar-refractivity contribution in [1.29, 1.82) is 5.26 Å². The SMILES string of the molecule is CCOc1cccc(NC(=O)/C(C#N)=C/c2ccc(OC(=O)c3cccc(Cl)c3)cc2)c1. The Morgan fingerprint density at radius 1 is 1.03 bits per heavy atom. The highest BCUT2D eigenvalue weighted by Gasteiger charge is 2.11. The van der Waals surface area contributed by atoms with Crippen LogP contribution in [-0.2, 0) is 4.79 Å². The molecule has 0 unspecified atom stereocenters. The lowest BCUT2D eigenvalue weighted by Crippen LogP contribution is -2.13. The number of carbonyl (C=O) groups is 2. The van der Waals surface area contributed by atoms with Crippen molar-refractivity contribution in [2.24, 2.45) is 0 Å². The minimum absolute atomic E-state index is 0.0736. The Morgan fingerprint density at radius 2 is 1.78 bits per heavy atom. The maximum absolute atomic E-state index is 12.5. The molecule has 0 heterocycles. The number of hydrogen-bond donors (Lipinski definition) is 1. The molecule has 0 atom stereocenters. The van der Waals surface area contributed by atoms with E-state index in [1.807, 2.05) is 13.0 Å². The Labute approximate surface area is 190 Å². The molecule has 0 saturated carbocycles. The summed E-state index contributed by atoms with van der Waals surface area (Å²) < 4.78 is 10.7. The fourth-order valence-corrected chi connectivity index (χ4v) is 2.95. The van der Waals surface area contributed by atoms with E-state index in [0.29, 0.717) is 39.9 Å². The van der Waals surface area contributed by atoms with E-state index in [1.54, 1.807) is 66.7 Å². The van der Waals surface area contributed by atoms with Crippen LogP contribution < -0.4 is 14.8 Å². The van der Waals surface area contributed by atoms with E-state index >= 15 is 0 Å². The Kier molecular flexibility index (Phi) is 7.63. The summed E-state index contributed by atoms with van der Waals surface area (Å²) in [6, 6.07) is 21.7. The van der Waals surface area contributed by atoms with Gasteiger partial charge in [-0.25, -0.2) is 4.79 Å². The summed E-state index contributed by atoms with van der Waals surface area (Å²) >= 11 is 5.89. The zero-order valence-corrected chi connectivity index (χ0v) is 17.9. The number of nitrogens with zero attached hydrogens (tertiary/aromatic N) is 1. The zero-order valence-electron chi connectivity index (χ0n) is 17.2. The predicted molar refractivity (Wildman–Crippen MR) is 123 cm³/mol.